The molecule has 1 aromatic carbocycles. The Kier molecular flexibility index (Phi) is 5.74. The second kappa shape index (κ2) is 7.98. The lowest BCUT2D eigenvalue weighted by Gasteiger charge is -2.33. The van der Waals surface area contributed by atoms with Crippen LogP contribution in [0.3, 0.4) is 0 Å². The number of benzene rings is 1. The zero-order valence-corrected chi connectivity index (χ0v) is 13.8. The topological polar surface area (TPSA) is 33.3 Å². The summed E-state index contributed by atoms with van der Waals surface area (Å²) in [5, 5.41) is 7.57. The molecule has 1 aromatic rings. The molecule has 1 heterocycles. The molecule has 122 valence electrons. The monoisotopic (exact) mass is 302 g/mol. The minimum absolute atomic E-state index is 0.673. The van der Waals surface area contributed by atoms with Crippen molar-refractivity contribution in [3.05, 3.63) is 29.8 Å². The van der Waals surface area contributed by atoms with E-state index in [0.29, 0.717) is 6.04 Å². The van der Waals surface area contributed by atoms with Crippen molar-refractivity contribution in [1.82, 2.24) is 10.6 Å². The smallest absolute Gasteiger partial charge is 0.119 e. The van der Waals surface area contributed by atoms with Crippen molar-refractivity contribution in [2.75, 3.05) is 13.2 Å². The van der Waals surface area contributed by atoms with Crippen LogP contribution in [0.2, 0.25) is 0 Å². The van der Waals surface area contributed by atoms with Crippen molar-refractivity contribution in [1.29, 1.82) is 0 Å². The zero-order valence-electron chi connectivity index (χ0n) is 13.8. The maximum Gasteiger partial charge on any atom is 0.119 e. The minimum atomic E-state index is 0.673. The lowest BCUT2D eigenvalue weighted by atomic mass is 9.88. The molecule has 3 heteroatoms. The van der Waals surface area contributed by atoms with E-state index in [4.69, 9.17) is 4.74 Å². The fourth-order valence-corrected chi connectivity index (χ4v) is 4.13. The van der Waals surface area contributed by atoms with Crippen molar-refractivity contribution in [2.45, 2.75) is 64.1 Å². The van der Waals surface area contributed by atoms with Crippen molar-refractivity contribution in [3.8, 4) is 5.75 Å². The molecule has 3 atom stereocenters. The number of ether oxygens (including phenoxy) is 1. The molecule has 0 aromatic heterocycles. The largest absolute Gasteiger partial charge is 0.494 e. The third kappa shape index (κ3) is 4.02. The average molecular weight is 302 g/mol. The summed E-state index contributed by atoms with van der Waals surface area (Å²) < 4.78 is 5.60. The Labute approximate surface area is 134 Å². The second-order valence-corrected chi connectivity index (χ2v) is 6.72. The van der Waals surface area contributed by atoms with Crippen LogP contribution >= 0.6 is 0 Å². The van der Waals surface area contributed by atoms with Crippen LogP contribution in [0.4, 0.5) is 0 Å². The second-order valence-electron chi connectivity index (χ2n) is 6.72. The van der Waals surface area contributed by atoms with Gasteiger partial charge in [-0.1, -0.05) is 25.0 Å². The first-order chi connectivity index (χ1) is 10.9. The van der Waals surface area contributed by atoms with E-state index in [1.54, 1.807) is 0 Å². The molecule has 2 N–H and O–H groups in total. The summed E-state index contributed by atoms with van der Waals surface area (Å²) in [6, 6.07) is 9.90. The molecule has 3 nitrogen and oxygen atoms in total. The van der Waals surface area contributed by atoms with E-state index in [9.17, 15) is 0 Å². The van der Waals surface area contributed by atoms with Gasteiger partial charge in [-0.3, -0.25) is 0 Å². The van der Waals surface area contributed by atoms with E-state index in [2.05, 4.69) is 28.8 Å². The van der Waals surface area contributed by atoms with Crippen LogP contribution in [-0.4, -0.2) is 25.2 Å². The minimum Gasteiger partial charge on any atom is -0.494 e. The van der Waals surface area contributed by atoms with Crippen LogP contribution in [-0.2, 0) is 6.54 Å². The molecule has 1 aliphatic carbocycles. The van der Waals surface area contributed by atoms with Crippen LogP contribution < -0.4 is 15.4 Å². The molecule has 1 saturated carbocycles. The van der Waals surface area contributed by atoms with Gasteiger partial charge in [0.05, 0.1) is 6.61 Å². The maximum absolute atomic E-state index is 5.60. The number of hydrogen-bond acceptors (Lipinski definition) is 3. The normalized spacial score (nSPS) is 28.7. The Morgan fingerprint density at radius 1 is 1.18 bits per heavy atom. The predicted octanol–water partition coefficient (Wildman–Crippen LogP) is 3.49. The fraction of sp³-hybridized carbons (Fsp3) is 0.684. The third-order valence-corrected chi connectivity index (χ3v) is 5.21. The number of hydrogen-bond donors (Lipinski definition) is 2. The molecule has 3 rings (SSSR count). The summed E-state index contributed by atoms with van der Waals surface area (Å²) in [5.41, 5.74) is 1.33. The maximum atomic E-state index is 5.60. The number of nitrogens with one attached hydrogen (secondary N) is 2. The molecule has 1 aliphatic heterocycles. The highest BCUT2D eigenvalue weighted by Gasteiger charge is 2.33. The molecule has 0 spiro atoms. The predicted molar refractivity (Wildman–Crippen MR) is 91.2 cm³/mol. The third-order valence-electron chi connectivity index (χ3n) is 5.21. The summed E-state index contributed by atoms with van der Waals surface area (Å²) in [6.07, 6.45) is 8.20. The molecule has 2 aliphatic rings. The molecular formula is C19H30N2O. The fourth-order valence-electron chi connectivity index (χ4n) is 4.13. The summed E-state index contributed by atoms with van der Waals surface area (Å²) in [6.45, 7) is 4.93. The molecular weight excluding hydrogens is 272 g/mol. The van der Waals surface area contributed by atoms with E-state index >= 15 is 0 Å². The van der Waals surface area contributed by atoms with Gasteiger partial charge in [-0.15, -0.1) is 0 Å². The lowest BCUT2D eigenvalue weighted by Crippen LogP contribution is -2.46. The standard InChI is InChI=1S/C19H30N2O/c1-2-22-16-8-5-7-15(13-16)14-21-19-11-6-9-17(19)18-10-3-4-12-20-18/h5,7-8,13,17-21H,2-4,6,9-12,14H2,1H3. The summed E-state index contributed by atoms with van der Waals surface area (Å²) in [4.78, 5) is 0. The molecule has 0 bridgehead atoms. The molecule has 3 unspecified atom stereocenters. The molecule has 2 fully saturated rings. The lowest BCUT2D eigenvalue weighted by molar-refractivity contribution is 0.256. The van der Waals surface area contributed by atoms with E-state index in [1.807, 2.05) is 13.0 Å². The van der Waals surface area contributed by atoms with Gasteiger partial charge in [0.15, 0.2) is 0 Å². The van der Waals surface area contributed by atoms with E-state index in [0.717, 1.165) is 30.9 Å². The molecule has 22 heavy (non-hydrogen) atoms. The van der Waals surface area contributed by atoms with Crippen molar-refractivity contribution in [2.24, 2.45) is 5.92 Å². The van der Waals surface area contributed by atoms with Gasteiger partial charge in [0.25, 0.3) is 0 Å². The van der Waals surface area contributed by atoms with Crippen LogP contribution in [0.15, 0.2) is 24.3 Å². The summed E-state index contributed by atoms with van der Waals surface area (Å²) in [5.74, 6) is 1.80. The first-order valence-electron chi connectivity index (χ1n) is 9.05. The van der Waals surface area contributed by atoms with Gasteiger partial charge in [0.2, 0.25) is 0 Å². The van der Waals surface area contributed by atoms with Gasteiger partial charge in [-0.25, -0.2) is 0 Å². The van der Waals surface area contributed by atoms with E-state index in [-0.39, 0.29) is 0 Å². The SMILES string of the molecule is CCOc1cccc(CNC2CCCC2C2CCCCN2)c1. The highest BCUT2D eigenvalue weighted by molar-refractivity contribution is 5.28. The van der Waals surface area contributed by atoms with Crippen molar-refractivity contribution < 1.29 is 4.74 Å². The molecule has 0 radical (unpaired) electrons. The quantitative estimate of drug-likeness (QED) is 0.844. The Bertz CT molecular complexity index is 457. The van der Waals surface area contributed by atoms with Crippen LogP contribution in [0.5, 0.6) is 5.75 Å². The highest BCUT2D eigenvalue weighted by atomic mass is 16.5. The highest BCUT2D eigenvalue weighted by Crippen LogP contribution is 2.32. The van der Waals surface area contributed by atoms with Crippen molar-refractivity contribution in [3.63, 3.8) is 0 Å². The number of piperidine rings is 1. The van der Waals surface area contributed by atoms with E-state index in [1.165, 1.54) is 50.6 Å². The van der Waals surface area contributed by atoms with Gasteiger partial charge in [0, 0.05) is 18.6 Å². The Morgan fingerprint density at radius 2 is 2.14 bits per heavy atom. The van der Waals surface area contributed by atoms with Gasteiger partial charge in [-0.05, 0) is 62.8 Å². The van der Waals surface area contributed by atoms with Crippen LogP contribution in [0, 0.1) is 5.92 Å². The Hall–Kier alpha value is -1.06. The van der Waals surface area contributed by atoms with Gasteiger partial charge in [-0.2, -0.15) is 0 Å². The van der Waals surface area contributed by atoms with Gasteiger partial charge < -0.3 is 15.4 Å². The molecule has 1 saturated heterocycles. The summed E-state index contributed by atoms with van der Waals surface area (Å²) >= 11 is 0. The Morgan fingerprint density at radius 3 is 2.95 bits per heavy atom. The van der Waals surface area contributed by atoms with Gasteiger partial charge in [0.1, 0.15) is 5.75 Å². The average Bonchev–Trinajstić information content (AvgIpc) is 3.03. The Balaban J connectivity index is 1.54. The van der Waals surface area contributed by atoms with Crippen molar-refractivity contribution >= 4 is 0 Å². The first-order valence-corrected chi connectivity index (χ1v) is 9.05. The van der Waals surface area contributed by atoms with Gasteiger partial charge >= 0.3 is 0 Å². The van der Waals surface area contributed by atoms with Crippen LogP contribution in [0.25, 0.3) is 0 Å². The van der Waals surface area contributed by atoms with E-state index < -0.39 is 0 Å². The molecule has 0 amide bonds. The first kappa shape index (κ1) is 15.8. The number of rotatable bonds is 6. The van der Waals surface area contributed by atoms with Crippen LogP contribution in [0.1, 0.15) is 51.0 Å². The summed E-state index contributed by atoms with van der Waals surface area (Å²) in [7, 11) is 0. The zero-order chi connectivity index (χ0) is 15.2.